The molecule has 0 amide bonds. The van der Waals surface area contributed by atoms with Crippen LogP contribution in [-0.2, 0) is 4.74 Å². The van der Waals surface area contributed by atoms with Gasteiger partial charge in [0.05, 0.1) is 6.61 Å². The zero-order valence-electron chi connectivity index (χ0n) is 12.0. The third-order valence-electron chi connectivity index (χ3n) is 3.84. The van der Waals surface area contributed by atoms with E-state index in [2.05, 4.69) is 61.6 Å². The van der Waals surface area contributed by atoms with Gasteiger partial charge in [-0.15, -0.1) is 0 Å². The van der Waals surface area contributed by atoms with E-state index >= 15 is 0 Å². The zero-order chi connectivity index (χ0) is 13.7. The summed E-state index contributed by atoms with van der Waals surface area (Å²) in [4.78, 5) is 0. The Hall–Kier alpha value is -1.38. The molecule has 0 saturated heterocycles. The first-order chi connectivity index (χ1) is 9.24. The van der Waals surface area contributed by atoms with E-state index in [1.165, 1.54) is 16.3 Å². The molecule has 0 fully saturated rings. The van der Waals surface area contributed by atoms with Crippen molar-refractivity contribution >= 4 is 10.8 Å². The number of methoxy groups -OCH3 is 1. The van der Waals surface area contributed by atoms with E-state index in [1.807, 2.05) is 0 Å². The van der Waals surface area contributed by atoms with Crippen LogP contribution in [0.1, 0.15) is 25.3 Å². The highest BCUT2D eigenvalue weighted by Crippen LogP contribution is 2.27. The molecule has 0 aliphatic rings. The molecule has 2 heteroatoms. The largest absolute Gasteiger partial charge is 0.383 e. The molecule has 0 aromatic heterocycles. The van der Waals surface area contributed by atoms with Crippen molar-refractivity contribution in [2.45, 2.75) is 25.8 Å². The van der Waals surface area contributed by atoms with E-state index in [0.717, 1.165) is 13.2 Å². The Kier molecular flexibility index (Phi) is 4.94. The topological polar surface area (TPSA) is 21.3 Å². The van der Waals surface area contributed by atoms with Crippen molar-refractivity contribution in [1.29, 1.82) is 0 Å². The summed E-state index contributed by atoms with van der Waals surface area (Å²) in [6.07, 6.45) is 0. The molecule has 2 aromatic rings. The molecule has 102 valence electrons. The van der Waals surface area contributed by atoms with Crippen molar-refractivity contribution in [3.63, 3.8) is 0 Å². The molecule has 0 spiro atoms. The molecule has 2 aromatic carbocycles. The van der Waals surface area contributed by atoms with Crippen LogP contribution in [0.5, 0.6) is 0 Å². The van der Waals surface area contributed by atoms with E-state index in [4.69, 9.17) is 4.74 Å². The van der Waals surface area contributed by atoms with Crippen molar-refractivity contribution in [3.05, 3.63) is 48.0 Å². The second-order valence-electron chi connectivity index (χ2n) is 5.09. The monoisotopic (exact) mass is 257 g/mol. The fourth-order valence-electron chi connectivity index (χ4n) is 2.48. The van der Waals surface area contributed by atoms with Crippen LogP contribution < -0.4 is 5.32 Å². The molecule has 2 rings (SSSR count). The molecular weight excluding hydrogens is 234 g/mol. The van der Waals surface area contributed by atoms with E-state index in [9.17, 15) is 0 Å². The summed E-state index contributed by atoms with van der Waals surface area (Å²) < 4.78 is 5.09. The predicted molar refractivity (Wildman–Crippen MR) is 81.7 cm³/mol. The van der Waals surface area contributed by atoms with Gasteiger partial charge < -0.3 is 10.1 Å². The summed E-state index contributed by atoms with van der Waals surface area (Å²) in [5.41, 5.74) is 1.41. The Morgan fingerprint density at radius 3 is 2.58 bits per heavy atom. The Morgan fingerprint density at radius 1 is 1.05 bits per heavy atom. The van der Waals surface area contributed by atoms with E-state index in [0.29, 0.717) is 12.0 Å². The molecule has 2 unspecified atom stereocenters. The first kappa shape index (κ1) is 14.0. The number of hydrogen-bond acceptors (Lipinski definition) is 2. The zero-order valence-corrected chi connectivity index (χ0v) is 12.0. The number of ether oxygens (including phenoxy) is 1. The molecule has 0 heterocycles. The minimum absolute atomic E-state index is 0.431. The highest BCUT2D eigenvalue weighted by atomic mass is 16.5. The molecule has 0 bridgehead atoms. The normalized spacial score (nSPS) is 14.5. The molecule has 19 heavy (non-hydrogen) atoms. The quantitative estimate of drug-likeness (QED) is 0.799. The fraction of sp³-hybridized carbons (Fsp3) is 0.412. The molecule has 0 aliphatic heterocycles. The van der Waals surface area contributed by atoms with Gasteiger partial charge in [-0.3, -0.25) is 0 Å². The van der Waals surface area contributed by atoms with Crippen LogP contribution in [0.4, 0.5) is 0 Å². The Balaban J connectivity index is 2.18. The van der Waals surface area contributed by atoms with Gasteiger partial charge >= 0.3 is 0 Å². The third kappa shape index (κ3) is 3.34. The highest BCUT2D eigenvalue weighted by Gasteiger charge is 2.15. The lowest BCUT2D eigenvalue weighted by Gasteiger charge is -2.23. The summed E-state index contributed by atoms with van der Waals surface area (Å²) in [7, 11) is 1.74. The number of nitrogens with one attached hydrogen (secondary N) is 1. The summed E-state index contributed by atoms with van der Waals surface area (Å²) >= 11 is 0. The Morgan fingerprint density at radius 2 is 1.79 bits per heavy atom. The summed E-state index contributed by atoms with van der Waals surface area (Å²) in [6.45, 7) is 6.17. The first-order valence-electron chi connectivity index (χ1n) is 6.94. The lowest BCUT2D eigenvalue weighted by Crippen LogP contribution is -2.33. The van der Waals surface area contributed by atoms with Gasteiger partial charge in [0.1, 0.15) is 0 Å². The number of hydrogen-bond donors (Lipinski definition) is 1. The van der Waals surface area contributed by atoms with Crippen LogP contribution in [-0.4, -0.2) is 26.3 Å². The fourth-order valence-corrected chi connectivity index (χ4v) is 2.48. The molecule has 0 aliphatic carbocycles. The average Bonchev–Trinajstić information content (AvgIpc) is 2.46. The van der Waals surface area contributed by atoms with Crippen molar-refractivity contribution in [2.24, 2.45) is 0 Å². The SMILES string of the molecule is COCCNC(C)C(C)c1cccc2ccccc12. The Labute approximate surface area is 115 Å². The highest BCUT2D eigenvalue weighted by molar-refractivity contribution is 5.86. The van der Waals surface area contributed by atoms with Crippen molar-refractivity contribution in [1.82, 2.24) is 5.32 Å². The van der Waals surface area contributed by atoms with Gasteiger partial charge in [0.2, 0.25) is 0 Å². The summed E-state index contributed by atoms with van der Waals surface area (Å²) in [5, 5.41) is 6.20. The molecular formula is C17H23NO. The smallest absolute Gasteiger partial charge is 0.0587 e. The van der Waals surface area contributed by atoms with Crippen molar-refractivity contribution in [2.75, 3.05) is 20.3 Å². The van der Waals surface area contributed by atoms with Gasteiger partial charge in [-0.05, 0) is 29.2 Å². The maximum Gasteiger partial charge on any atom is 0.0587 e. The van der Waals surface area contributed by atoms with Crippen LogP contribution in [0.25, 0.3) is 10.8 Å². The lowest BCUT2D eigenvalue weighted by atomic mass is 9.90. The molecule has 2 atom stereocenters. The van der Waals surface area contributed by atoms with Crippen LogP contribution in [0, 0.1) is 0 Å². The van der Waals surface area contributed by atoms with Gasteiger partial charge in [-0.25, -0.2) is 0 Å². The Bertz CT molecular complexity index is 518. The van der Waals surface area contributed by atoms with Gasteiger partial charge in [0.15, 0.2) is 0 Å². The average molecular weight is 257 g/mol. The lowest BCUT2D eigenvalue weighted by molar-refractivity contribution is 0.195. The van der Waals surface area contributed by atoms with E-state index in [1.54, 1.807) is 7.11 Å². The van der Waals surface area contributed by atoms with Crippen LogP contribution in [0.3, 0.4) is 0 Å². The number of rotatable bonds is 6. The van der Waals surface area contributed by atoms with Crippen molar-refractivity contribution < 1.29 is 4.74 Å². The predicted octanol–water partition coefficient (Wildman–Crippen LogP) is 3.57. The minimum atomic E-state index is 0.431. The van der Waals surface area contributed by atoms with Crippen molar-refractivity contribution in [3.8, 4) is 0 Å². The molecule has 0 radical (unpaired) electrons. The maximum absolute atomic E-state index is 5.09. The maximum atomic E-state index is 5.09. The minimum Gasteiger partial charge on any atom is -0.383 e. The molecule has 2 nitrogen and oxygen atoms in total. The number of benzene rings is 2. The standard InChI is InChI=1S/C17H23NO/c1-13(14(2)18-11-12-19-3)16-10-6-8-15-7-4-5-9-17(15)16/h4-10,13-14,18H,11-12H2,1-3H3. The third-order valence-corrected chi connectivity index (χ3v) is 3.84. The van der Waals surface area contributed by atoms with Crippen LogP contribution >= 0.6 is 0 Å². The van der Waals surface area contributed by atoms with Gasteiger partial charge in [-0.2, -0.15) is 0 Å². The van der Waals surface area contributed by atoms with Crippen LogP contribution in [0.2, 0.25) is 0 Å². The van der Waals surface area contributed by atoms with Gasteiger partial charge in [-0.1, -0.05) is 49.4 Å². The van der Waals surface area contributed by atoms with Crippen LogP contribution in [0.15, 0.2) is 42.5 Å². The van der Waals surface area contributed by atoms with Gasteiger partial charge in [0, 0.05) is 19.7 Å². The molecule has 1 N–H and O–H groups in total. The summed E-state index contributed by atoms with van der Waals surface area (Å²) in [6, 6.07) is 15.6. The van der Waals surface area contributed by atoms with E-state index < -0.39 is 0 Å². The summed E-state index contributed by atoms with van der Waals surface area (Å²) in [5.74, 6) is 0.475. The molecule has 0 saturated carbocycles. The number of fused-ring (bicyclic) bond motifs is 1. The second-order valence-corrected chi connectivity index (χ2v) is 5.09. The van der Waals surface area contributed by atoms with E-state index in [-0.39, 0.29) is 0 Å². The second kappa shape index (κ2) is 6.69. The van der Waals surface area contributed by atoms with Gasteiger partial charge in [0.25, 0.3) is 0 Å². The first-order valence-corrected chi connectivity index (χ1v) is 6.94.